The van der Waals surface area contributed by atoms with E-state index in [0.717, 1.165) is 0 Å². The quantitative estimate of drug-likeness (QED) is 0.592. The van der Waals surface area contributed by atoms with Gasteiger partial charge in [0.1, 0.15) is 0 Å². The molecule has 0 bridgehead atoms. The molecule has 4 heteroatoms. The number of aliphatic imine (C=N–C) groups is 1. The summed E-state index contributed by atoms with van der Waals surface area (Å²) >= 11 is 0. The van der Waals surface area contributed by atoms with Crippen LogP contribution in [0.4, 0.5) is 8.78 Å². The van der Waals surface area contributed by atoms with Crippen molar-refractivity contribution in [3.05, 3.63) is 0 Å². The Bertz CT molecular complexity index is 167. The highest BCUT2D eigenvalue weighted by molar-refractivity contribution is 5.82. The second-order valence-electron chi connectivity index (χ2n) is 2.94. The number of hydrogen-bond acceptors (Lipinski definition) is 2. The Morgan fingerprint density at radius 2 is 2.30 bits per heavy atom. The van der Waals surface area contributed by atoms with E-state index in [1.54, 1.807) is 0 Å². The predicted octanol–water partition coefficient (Wildman–Crippen LogP) is 1.02. The van der Waals surface area contributed by atoms with E-state index >= 15 is 0 Å². The lowest BCUT2D eigenvalue weighted by Gasteiger charge is -2.20. The summed E-state index contributed by atoms with van der Waals surface area (Å²) in [4.78, 5) is 3.72. The Hall–Kier alpha value is -0.670. The summed E-state index contributed by atoms with van der Waals surface area (Å²) in [6.07, 6.45) is -2.10. The fourth-order valence-corrected chi connectivity index (χ4v) is 0.954. The molecule has 0 saturated heterocycles. The van der Waals surface area contributed by atoms with Gasteiger partial charge in [0, 0.05) is 6.42 Å². The Labute approximate surface area is 58.1 Å². The molecule has 0 saturated carbocycles. The van der Waals surface area contributed by atoms with Crippen molar-refractivity contribution in [2.45, 2.75) is 19.8 Å². The van der Waals surface area contributed by atoms with Crippen LogP contribution in [0.25, 0.3) is 0 Å². The SMILES string of the molecule is CC1(C(F)F)CN=C(N)C1. The molecule has 0 fully saturated rings. The molecule has 1 atom stereocenters. The summed E-state index contributed by atoms with van der Waals surface area (Å²) in [7, 11) is 0. The smallest absolute Gasteiger partial charge is 0.246 e. The van der Waals surface area contributed by atoms with Crippen molar-refractivity contribution in [1.82, 2.24) is 0 Å². The molecule has 0 radical (unpaired) electrons. The summed E-state index contributed by atoms with van der Waals surface area (Å²) in [6.45, 7) is 1.66. The Morgan fingerprint density at radius 3 is 2.50 bits per heavy atom. The van der Waals surface area contributed by atoms with Crippen molar-refractivity contribution in [3.63, 3.8) is 0 Å². The van der Waals surface area contributed by atoms with Crippen LogP contribution in [-0.4, -0.2) is 18.8 Å². The van der Waals surface area contributed by atoms with Crippen molar-refractivity contribution in [2.24, 2.45) is 16.1 Å². The van der Waals surface area contributed by atoms with Crippen LogP contribution in [0.3, 0.4) is 0 Å². The minimum absolute atomic E-state index is 0.163. The molecule has 1 rings (SSSR count). The van der Waals surface area contributed by atoms with Gasteiger partial charge in [0.05, 0.1) is 17.8 Å². The van der Waals surface area contributed by atoms with Gasteiger partial charge in [0.2, 0.25) is 6.43 Å². The minimum atomic E-state index is -2.32. The molecule has 2 nitrogen and oxygen atoms in total. The molecule has 0 spiro atoms. The molecule has 0 aromatic carbocycles. The molecular formula is C6H10F2N2. The molecule has 0 aliphatic carbocycles. The van der Waals surface area contributed by atoms with E-state index in [9.17, 15) is 8.78 Å². The standard InChI is InChI=1S/C6H10F2N2/c1-6(5(7)8)2-4(9)10-3-6/h5H,2-3H2,1H3,(H2,9,10). The normalized spacial score (nSPS) is 33.0. The van der Waals surface area contributed by atoms with Gasteiger partial charge in [-0.05, 0) is 0 Å². The lowest BCUT2D eigenvalue weighted by atomic mass is 9.89. The molecule has 1 aliphatic rings. The Morgan fingerprint density at radius 1 is 1.70 bits per heavy atom. The number of nitrogens with two attached hydrogens (primary N) is 1. The first kappa shape index (κ1) is 7.44. The third kappa shape index (κ3) is 1.10. The average molecular weight is 148 g/mol. The summed E-state index contributed by atoms with van der Waals surface area (Å²) in [5.41, 5.74) is 4.27. The molecule has 0 aromatic heterocycles. The van der Waals surface area contributed by atoms with Crippen LogP contribution in [0.2, 0.25) is 0 Å². The number of rotatable bonds is 1. The van der Waals surface area contributed by atoms with Crippen LogP contribution in [0, 0.1) is 5.41 Å². The molecule has 58 valence electrons. The van der Waals surface area contributed by atoms with Gasteiger partial charge in [-0.1, -0.05) is 6.92 Å². The van der Waals surface area contributed by atoms with E-state index < -0.39 is 11.8 Å². The van der Waals surface area contributed by atoms with Gasteiger partial charge in [0.25, 0.3) is 0 Å². The number of nitrogens with zero attached hydrogens (tertiary/aromatic N) is 1. The third-order valence-corrected chi connectivity index (χ3v) is 1.76. The number of alkyl halides is 2. The summed E-state index contributed by atoms with van der Waals surface area (Å²) in [5.74, 6) is 0.350. The Balaban J connectivity index is 2.61. The van der Waals surface area contributed by atoms with Gasteiger partial charge in [-0.15, -0.1) is 0 Å². The molecule has 10 heavy (non-hydrogen) atoms. The number of halogens is 2. The zero-order valence-electron chi connectivity index (χ0n) is 5.77. The lowest BCUT2D eigenvalue weighted by Crippen LogP contribution is -2.28. The zero-order valence-corrected chi connectivity index (χ0v) is 5.77. The second kappa shape index (κ2) is 2.18. The maximum Gasteiger partial charge on any atom is 0.246 e. The summed E-state index contributed by atoms with van der Waals surface area (Å²) in [5, 5.41) is 0. The summed E-state index contributed by atoms with van der Waals surface area (Å²) in [6, 6.07) is 0. The molecule has 2 N–H and O–H groups in total. The van der Waals surface area contributed by atoms with Gasteiger partial charge in [-0.2, -0.15) is 0 Å². The first-order valence-corrected chi connectivity index (χ1v) is 3.11. The molecule has 0 aromatic rings. The van der Waals surface area contributed by atoms with Gasteiger partial charge in [0.15, 0.2) is 0 Å². The lowest BCUT2D eigenvalue weighted by molar-refractivity contribution is 0.0232. The Kier molecular flexibility index (Phi) is 1.62. The third-order valence-electron chi connectivity index (χ3n) is 1.76. The topological polar surface area (TPSA) is 38.4 Å². The fraction of sp³-hybridized carbons (Fsp3) is 0.833. The first-order chi connectivity index (χ1) is 4.54. The minimum Gasteiger partial charge on any atom is -0.387 e. The van der Waals surface area contributed by atoms with Crippen molar-refractivity contribution in [2.75, 3.05) is 6.54 Å². The van der Waals surface area contributed by atoms with Crippen LogP contribution >= 0.6 is 0 Å². The van der Waals surface area contributed by atoms with Crippen molar-refractivity contribution in [3.8, 4) is 0 Å². The van der Waals surface area contributed by atoms with Crippen LogP contribution in [0.15, 0.2) is 4.99 Å². The molecule has 1 aliphatic heterocycles. The van der Waals surface area contributed by atoms with E-state index in [-0.39, 0.29) is 13.0 Å². The van der Waals surface area contributed by atoms with E-state index in [0.29, 0.717) is 5.84 Å². The van der Waals surface area contributed by atoms with Crippen LogP contribution in [0.1, 0.15) is 13.3 Å². The monoisotopic (exact) mass is 148 g/mol. The molecule has 0 amide bonds. The maximum absolute atomic E-state index is 12.2. The highest BCUT2D eigenvalue weighted by Gasteiger charge is 2.39. The predicted molar refractivity (Wildman–Crippen MR) is 35.2 cm³/mol. The van der Waals surface area contributed by atoms with Crippen LogP contribution in [0.5, 0.6) is 0 Å². The molecule has 1 unspecified atom stereocenters. The van der Waals surface area contributed by atoms with Gasteiger partial charge in [-0.25, -0.2) is 8.78 Å². The van der Waals surface area contributed by atoms with E-state index in [1.165, 1.54) is 6.92 Å². The fourth-order valence-electron chi connectivity index (χ4n) is 0.954. The van der Waals surface area contributed by atoms with Gasteiger partial charge < -0.3 is 5.73 Å². The van der Waals surface area contributed by atoms with E-state index in [4.69, 9.17) is 5.73 Å². The van der Waals surface area contributed by atoms with Crippen LogP contribution in [-0.2, 0) is 0 Å². The van der Waals surface area contributed by atoms with Crippen LogP contribution < -0.4 is 5.73 Å². The van der Waals surface area contributed by atoms with Gasteiger partial charge in [-0.3, -0.25) is 4.99 Å². The summed E-state index contributed by atoms with van der Waals surface area (Å²) < 4.78 is 24.3. The zero-order chi connectivity index (χ0) is 7.78. The maximum atomic E-state index is 12.2. The highest BCUT2D eigenvalue weighted by atomic mass is 19.3. The number of amidine groups is 1. The van der Waals surface area contributed by atoms with Crippen molar-refractivity contribution in [1.29, 1.82) is 0 Å². The van der Waals surface area contributed by atoms with Gasteiger partial charge >= 0.3 is 0 Å². The molecule has 1 heterocycles. The number of hydrogen-bond donors (Lipinski definition) is 1. The largest absolute Gasteiger partial charge is 0.387 e. The van der Waals surface area contributed by atoms with E-state index in [1.807, 2.05) is 0 Å². The van der Waals surface area contributed by atoms with E-state index in [2.05, 4.69) is 4.99 Å². The van der Waals surface area contributed by atoms with Crippen molar-refractivity contribution >= 4 is 5.84 Å². The first-order valence-electron chi connectivity index (χ1n) is 3.11. The highest BCUT2D eigenvalue weighted by Crippen LogP contribution is 2.33. The second-order valence-corrected chi connectivity index (χ2v) is 2.94. The van der Waals surface area contributed by atoms with Crippen molar-refractivity contribution < 1.29 is 8.78 Å². The molecular weight excluding hydrogens is 138 g/mol. The average Bonchev–Trinajstić information content (AvgIpc) is 2.13.